The van der Waals surface area contributed by atoms with Crippen molar-refractivity contribution in [1.29, 1.82) is 0 Å². The van der Waals surface area contributed by atoms with Gasteiger partial charge in [0.05, 0.1) is 5.56 Å². The predicted molar refractivity (Wildman–Crippen MR) is 56.9 cm³/mol. The van der Waals surface area contributed by atoms with Crippen molar-refractivity contribution in [2.45, 2.75) is 39.8 Å². The monoisotopic (exact) mass is 218 g/mol. The quantitative estimate of drug-likeness (QED) is 0.631. The van der Waals surface area contributed by atoms with Gasteiger partial charge in [0.1, 0.15) is 0 Å². The minimum atomic E-state index is -4.23. The molecule has 1 rings (SSSR count). The lowest BCUT2D eigenvalue weighted by Gasteiger charge is -2.09. The van der Waals surface area contributed by atoms with Crippen molar-refractivity contribution in [2.24, 2.45) is 0 Å². The van der Waals surface area contributed by atoms with Crippen molar-refractivity contribution in [2.75, 3.05) is 0 Å². The lowest BCUT2D eigenvalue weighted by Crippen LogP contribution is -2.04. The maximum atomic E-state index is 12.1. The van der Waals surface area contributed by atoms with E-state index in [1.165, 1.54) is 12.1 Å². The number of hydrogen-bond acceptors (Lipinski definition) is 0. The number of halogens is 3. The van der Waals surface area contributed by atoms with Gasteiger partial charge in [-0.2, -0.15) is 13.2 Å². The summed E-state index contributed by atoms with van der Waals surface area (Å²) >= 11 is 0. The fourth-order valence-corrected chi connectivity index (χ4v) is 1.06. The van der Waals surface area contributed by atoms with Crippen LogP contribution in [0.3, 0.4) is 0 Å². The third kappa shape index (κ3) is 4.36. The number of alkyl halides is 3. The van der Waals surface area contributed by atoms with E-state index in [2.05, 4.69) is 0 Å². The Morgan fingerprint density at radius 3 is 1.60 bits per heavy atom. The fraction of sp³-hybridized carbons (Fsp3) is 0.500. The summed E-state index contributed by atoms with van der Waals surface area (Å²) < 4.78 is 36.4. The number of benzene rings is 1. The Kier molecular flexibility index (Phi) is 5.40. The maximum absolute atomic E-state index is 12.1. The molecule has 0 N–H and O–H groups in total. The Morgan fingerprint density at radius 1 is 0.933 bits per heavy atom. The molecular formula is C12H17F3. The fourth-order valence-electron chi connectivity index (χ4n) is 1.06. The highest BCUT2D eigenvalue weighted by atomic mass is 19.4. The molecule has 15 heavy (non-hydrogen) atoms. The van der Waals surface area contributed by atoms with Gasteiger partial charge in [-0.3, -0.25) is 0 Å². The lowest BCUT2D eigenvalue weighted by atomic mass is 10.0. The average molecular weight is 218 g/mol. The molecule has 3 heteroatoms. The van der Waals surface area contributed by atoms with Gasteiger partial charge in [0.15, 0.2) is 0 Å². The van der Waals surface area contributed by atoms with Crippen LogP contribution in [-0.2, 0) is 6.18 Å². The second-order valence-corrected chi connectivity index (χ2v) is 3.27. The smallest absolute Gasteiger partial charge is 0.166 e. The molecular weight excluding hydrogens is 201 g/mol. The Hall–Kier alpha value is -0.990. The molecule has 0 unspecified atom stereocenters. The zero-order chi connectivity index (χ0) is 12.1. The van der Waals surface area contributed by atoms with E-state index in [1.807, 2.05) is 27.7 Å². The Bertz CT molecular complexity index is 270. The van der Waals surface area contributed by atoms with Gasteiger partial charge in [-0.1, -0.05) is 39.8 Å². The van der Waals surface area contributed by atoms with Crippen LogP contribution in [0.15, 0.2) is 24.3 Å². The third-order valence-corrected chi connectivity index (χ3v) is 1.90. The topological polar surface area (TPSA) is 0 Å². The molecule has 86 valence electrons. The van der Waals surface area contributed by atoms with Crippen molar-refractivity contribution >= 4 is 0 Å². The van der Waals surface area contributed by atoms with Gasteiger partial charge in [0, 0.05) is 0 Å². The normalized spacial score (nSPS) is 10.9. The van der Waals surface area contributed by atoms with Gasteiger partial charge >= 0.3 is 6.18 Å². The summed E-state index contributed by atoms with van der Waals surface area (Å²) in [5.41, 5.74) is 0.338. The van der Waals surface area contributed by atoms with Crippen molar-refractivity contribution in [3.05, 3.63) is 35.4 Å². The standard InChI is InChI=1S/C10H11F3.C2H6/c1-7(2)8-3-5-9(6-4-8)10(11,12)13;1-2/h3-7H,1-2H3;1-2H3. The highest BCUT2D eigenvalue weighted by Gasteiger charge is 2.29. The van der Waals surface area contributed by atoms with Crippen molar-refractivity contribution in [3.8, 4) is 0 Å². The molecule has 0 nitrogen and oxygen atoms in total. The summed E-state index contributed by atoms with van der Waals surface area (Å²) in [6, 6.07) is 5.28. The zero-order valence-corrected chi connectivity index (χ0v) is 9.52. The molecule has 0 aromatic heterocycles. The van der Waals surface area contributed by atoms with Crippen LogP contribution in [0.1, 0.15) is 44.7 Å². The number of hydrogen-bond donors (Lipinski definition) is 0. The number of rotatable bonds is 1. The van der Waals surface area contributed by atoms with E-state index in [4.69, 9.17) is 0 Å². The second-order valence-electron chi connectivity index (χ2n) is 3.27. The molecule has 1 aromatic rings. The van der Waals surface area contributed by atoms with Crippen molar-refractivity contribution in [1.82, 2.24) is 0 Å². The highest BCUT2D eigenvalue weighted by molar-refractivity contribution is 5.26. The molecule has 0 aliphatic heterocycles. The molecule has 0 heterocycles. The van der Waals surface area contributed by atoms with E-state index in [-0.39, 0.29) is 5.92 Å². The molecule has 0 radical (unpaired) electrons. The van der Waals surface area contributed by atoms with Crippen LogP contribution >= 0.6 is 0 Å². The summed E-state index contributed by atoms with van der Waals surface area (Å²) in [7, 11) is 0. The predicted octanol–water partition coefficient (Wildman–Crippen LogP) is 4.86. The lowest BCUT2D eigenvalue weighted by molar-refractivity contribution is -0.137. The van der Waals surface area contributed by atoms with E-state index in [0.717, 1.165) is 17.7 Å². The first-order valence-corrected chi connectivity index (χ1v) is 5.08. The van der Waals surface area contributed by atoms with Crippen molar-refractivity contribution < 1.29 is 13.2 Å². The van der Waals surface area contributed by atoms with Crippen LogP contribution in [0.2, 0.25) is 0 Å². The van der Waals surface area contributed by atoms with E-state index in [1.54, 1.807) is 0 Å². The molecule has 0 aliphatic rings. The van der Waals surface area contributed by atoms with Crippen LogP contribution in [0.25, 0.3) is 0 Å². The van der Waals surface area contributed by atoms with Crippen molar-refractivity contribution in [3.63, 3.8) is 0 Å². The van der Waals surface area contributed by atoms with E-state index in [9.17, 15) is 13.2 Å². The Balaban J connectivity index is 0.000000921. The van der Waals surface area contributed by atoms with Gasteiger partial charge < -0.3 is 0 Å². The van der Waals surface area contributed by atoms with Crippen LogP contribution < -0.4 is 0 Å². The first-order valence-electron chi connectivity index (χ1n) is 5.08. The second kappa shape index (κ2) is 5.79. The highest BCUT2D eigenvalue weighted by Crippen LogP contribution is 2.29. The Labute approximate surface area is 89.1 Å². The van der Waals surface area contributed by atoms with Gasteiger partial charge in [-0.15, -0.1) is 0 Å². The molecule has 0 fully saturated rings. The molecule has 0 saturated heterocycles. The van der Waals surface area contributed by atoms with Gasteiger partial charge in [-0.05, 0) is 23.6 Å². The third-order valence-electron chi connectivity index (χ3n) is 1.90. The summed E-state index contributed by atoms with van der Waals surface area (Å²) in [6.45, 7) is 7.89. The van der Waals surface area contributed by atoms with Crippen LogP contribution in [0.4, 0.5) is 13.2 Å². The van der Waals surface area contributed by atoms with E-state index >= 15 is 0 Å². The largest absolute Gasteiger partial charge is 0.416 e. The van der Waals surface area contributed by atoms with Gasteiger partial charge in [0.25, 0.3) is 0 Å². The zero-order valence-electron chi connectivity index (χ0n) is 9.52. The first-order chi connectivity index (χ1) is 6.91. The van der Waals surface area contributed by atoms with Crippen LogP contribution in [0, 0.1) is 0 Å². The minimum absolute atomic E-state index is 0.266. The summed E-state index contributed by atoms with van der Waals surface area (Å²) in [5.74, 6) is 0.266. The summed E-state index contributed by atoms with van der Waals surface area (Å²) in [4.78, 5) is 0. The Morgan fingerprint density at radius 2 is 1.33 bits per heavy atom. The minimum Gasteiger partial charge on any atom is -0.166 e. The molecule has 0 amide bonds. The molecule has 0 bridgehead atoms. The van der Waals surface area contributed by atoms with Gasteiger partial charge in [0.2, 0.25) is 0 Å². The molecule has 0 spiro atoms. The van der Waals surface area contributed by atoms with Gasteiger partial charge in [-0.25, -0.2) is 0 Å². The van der Waals surface area contributed by atoms with E-state index < -0.39 is 11.7 Å². The van der Waals surface area contributed by atoms with E-state index in [0.29, 0.717) is 0 Å². The average Bonchev–Trinajstić information content (AvgIpc) is 2.20. The molecule has 1 aromatic carbocycles. The SMILES string of the molecule is CC.CC(C)c1ccc(C(F)(F)F)cc1. The van der Waals surface area contributed by atoms with Crippen LogP contribution in [0.5, 0.6) is 0 Å². The summed E-state index contributed by atoms with van der Waals surface area (Å²) in [6.07, 6.45) is -4.23. The molecule has 0 saturated carbocycles. The van der Waals surface area contributed by atoms with Crippen LogP contribution in [-0.4, -0.2) is 0 Å². The molecule has 0 atom stereocenters. The first kappa shape index (κ1) is 14.0. The maximum Gasteiger partial charge on any atom is 0.416 e. The molecule has 0 aliphatic carbocycles. The summed E-state index contributed by atoms with van der Waals surface area (Å²) in [5, 5.41) is 0.